The van der Waals surface area contributed by atoms with Crippen LogP contribution in [0, 0.1) is 0 Å². The highest BCUT2D eigenvalue weighted by Gasteiger charge is 2.25. The van der Waals surface area contributed by atoms with Crippen molar-refractivity contribution in [3.05, 3.63) is 71.6 Å². The summed E-state index contributed by atoms with van der Waals surface area (Å²) in [6, 6.07) is 15.7. The monoisotopic (exact) mass is 458 g/mol. The van der Waals surface area contributed by atoms with E-state index in [1.807, 2.05) is 30.3 Å². The third-order valence-electron chi connectivity index (χ3n) is 4.23. The van der Waals surface area contributed by atoms with Gasteiger partial charge in [-0.25, -0.2) is 13.2 Å². The summed E-state index contributed by atoms with van der Waals surface area (Å²) in [4.78, 5) is 14.6. The van der Waals surface area contributed by atoms with Crippen LogP contribution in [0.3, 0.4) is 0 Å². The van der Waals surface area contributed by atoms with E-state index in [2.05, 4.69) is 11.6 Å². The Kier molecular flexibility index (Phi) is 6.45. The topological polar surface area (TPSA) is 110 Å². The number of carboxylic acid groups (broad SMARTS) is 1. The number of hydrogen-bond donors (Lipinski definition) is 2. The minimum atomic E-state index is -3.85. The van der Waals surface area contributed by atoms with E-state index < -0.39 is 15.9 Å². The Labute approximate surface area is 182 Å². The molecule has 0 aliphatic heterocycles. The molecule has 0 spiro atoms. The minimum absolute atomic E-state index is 0.0812. The van der Waals surface area contributed by atoms with Gasteiger partial charge in [-0.15, -0.1) is 23.1 Å². The number of sulfone groups is 1. The van der Waals surface area contributed by atoms with Gasteiger partial charge in [0, 0.05) is 0 Å². The van der Waals surface area contributed by atoms with Gasteiger partial charge >= 0.3 is 6.09 Å². The average Bonchev–Trinajstić information content (AvgIpc) is 3.19. The van der Waals surface area contributed by atoms with Crippen molar-refractivity contribution in [2.24, 2.45) is 10.7 Å². The first-order valence-corrected chi connectivity index (χ1v) is 12.1. The molecule has 0 aliphatic rings. The van der Waals surface area contributed by atoms with E-state index in [9.17, 15) is 13.2 Å². The fraction of sp³-hybridized carbons (Fsp3) is 0.0476. The van der Waals surface area contributed by atoms with Crippen LogP contribution in [0.15, 0.2) is 80.2 Å². The molecule has 0 bridgehead atoms. The maximum absolute atomic E-state index is 13.3. The molecule has 1 amide bonds. The van der Waals surface area contributed by atoms with Gasteiger partial charge in [0.1, 0.15) is 5.84 Å². The lowest BCUT2D eigenvalue weighted by molar-refractivity contribution is 0.205. The first kappa shape index (κ1) is 21.8. The second-order valence-electron chi connectivity index (χ2n) is 6.10. The molecule has 1 heterocycles. The number of amides is 1. The van der Waals surface area contributed by atoms with Gasteiger partial charge in [-0.2, -0.15) is 4.99 Å². The maximum atomic E-state index is 13.3. The van der Waals surface area contributed by atoms with Crippen molar-refractivity contribution < 1.29 is 18.3 Å². The van der Waals surface area contributed by atoms with E-state index in [0.717, 1.165) is 28.0 Å². The van der Waals surface area contributed by atoms with Crippen LogP contribution in [-0.4, -0.2) is 31.7 Å². The van der Waals surface area contributed by atoms with Crippen molar-refractivity contribution >= 4 is 50.9 Å². The summed E-state index contributed by atoms with van der Waals surface area (Å²) >= 11 is 2.34. The van der Waals surface area contributed by atoms with Gasteiger partial charge in [-0.3, -0.25) is 0 Å². The zero-order chi connectivity index (χ0) is 21.9. The Morgan fingerprint density at radius 2 is 1.87 bits per heavy atom. The van der Waals surface area contributed by atoms with Crippen LogP contribution in [0.5, 0.6) is 0 Å². The molecule has 3 rings (SSSR count). The molecular weight excluding hydrogens is 440 g/mol. The summed E-state index contributed by atoms with van der Waals surface area (Å²) < 4.78 is 27.2. The fourth-order valence-electron chi connectivity index (χ4n) is 2.75. The molecule has 0 saturated heterocycles. The molecule has 3 aromatic rings. The molecule has 0 radical (unpaired) electrons. The second kappa shape index (κ2) is 8.86. The number of nitrogens with two attached hydrogens (primary N) is 1. The summed E-state index contributed by atoms with van der Waals surface area (Å²) in [5.41, 5.74) is 8.32. The van der Waals surface area contributed by atoms with Crippen molar-refractivity contribution in [2.75, 3.05) is 6.26 Å². The first-order chi connectivity index (χ1) is 14.3. The van der Waals surface area contributed by atoms with Gasteiger partial charge in [-0.1, -0.05) is 49.1 Å². The van der Waals surface area contributed by atoms with Gasteiger partial charge in [0.05, 0.1) is 18.9 Å². The van der Waals surface area contributed by atoms with Gasteiger partial charge in [0.2, 0.25) is 9.84 Å². The highest BCUT2D eigenvalue weighted by Crippen LogP contribution is 2.37. The van der Waals surface area contributed by atoms with Crippen molar-refractivity contribution in [3.8, 4) is 11.1 Å². The van der Waals surface area contributed by atoms with Crippen molar-refractivity contribution in [3.63, 3.8) is 0 Å². The van der Waals surface area contributed by atoms with Crippen LogP contribution in [0.25, 0.3) is 17.2 Å². The summed E-state index contributed by atoms with van der Waals surface area (Å²) in [5, 5.41) is 8.80. The molecule has 1 aromatic heterocycles. The third kappa shape index (κ3) is 4.48. The SMILES string of the molecule is C=Cc1ccc(-c2cccc(S(=O)(=O)c3cc(/C(N)=N\C(=O)O)sc3SC)c2)cc1. The Hall–Kier alpha value is -2.88. The van der Waals surface area contributed by atoms with Crippen LogP contribution < -0.4 is 5.73 Å². The standard InChI is InChI=1S/C21H18N2O4S3/c1-3-13-7-9-14(10-8-13)15-5-4-6-16(11-15)30(26,27)18-12-17(29-20(18)28-2)19(22)23-21(24)25/h3-12H,1H2,2H3,(H2,22,23)(H,24,25). The van der Waals surface area contributed by atoms with Crippen LogP contribution in [-0.2, 0) is 9.84 Å². The molecule has 0 atom stereocenters. The number of thioether (sulfide) groups is 1. The highest BCUT2D eigenvalue weighted by atomic mass is 32.2. The minimum Gasteiger partial charge on any atom is -0.463 e. The zero-order valence-corrected chi connectivity index (χ0v) is 18.4. The fourth-order valence-corrected chi connectivity index (χ4v) is 6.70. The molecule has 0 aliphatic carbocycles. The summed E-state index contributed by atoms with van der Waals surface area (Å²) in [5.74, 6) is -0.236. The van der Waals surface area contributed by atoms with Crippen molar-refractivity contribution in [1.29, 1.82) is 0 Å². The van der Waals surface area contributed by atoms with Gasteiger partial charge in [0.15, 0.2) is 0 Å². The van der Waals surface area contributed by atoms with E-state index in [0.29, 0.717) is 4.21 Å². The van der Waals surface area contributed by atoms with E-state index in [1.54, 1.807) is 24.5 Å². The lowest BCUT2D eigenvalue weighted by Crippen LogP contribution is -2.13. The average molecular weight is 459 g/mol. The molecular formula is C21H18N2O4S3. The number of nitrogens with zero attached hydrogens (tertiary/aromatic N) is 1. The molecule has 3 N–H and O–H groups in total. The zero-order valence-electron chi connectivity index (χ0n) is 15.9. The maximum Gasteiger partial charge on any atom is 0.433 e. The number of hydrogen-bond acceptors (Lipinski definition) is 5. The molecule has 0 fully saturated rings. The van der Waals surface area contributed by atoms with E-state index in [4.69, 9.17) is 10.8 Å². The molecule has 30 heavy (non-hydrogen) atoms. The van der Waals surface area contributed by atoms with Crippen LogP contribution in [0.2, 0.25) is 0 Å². The predicted molar refractivity (Wildman–Crippen MR) is 122 cm³/mol. The number of thiophene rings is 1. The quantitative estimate of drug-likeness (QED) is 0.306. The smallest absolute Gasteiger partial charge is 0.433 e. The number of rotatable bonds is 6. The Morgan fingerprint density at radius 1 is 1.17 bits per heavy atom. The molecule has 154 valence electrons. The number of benzene rings is 2. The van der Waals surface area contributed by atoms with Gasteiger partial charge < -0.3 is 10.8 Å². The number of aliphatic imine (C=N–C) groups is 1. The van der Waals surface area contributed by atoms with Crippen LogP contribution in [0.1, 0.15) is 10.4 Å². The largest absolute Gasteiger partial charge is 0.463 e. The number of carbonyl (C=O) groups is 1. The highest BCUT2D eigenvalue weighted by molar-refractivity contribution is 8.01. The normalized spacial score (nSPS) is 12.0. The van der Waals surface area contributed by atoms with Crippen LogP contribution in [0.4, 0.5) is 4.79 Å². The molecule has 6 nitrogen and oxygen atoms in total. The van der Waals surface area contributed by atoms with E-state index >= 15 is 0 Å². The molecule has 2 aromatic carbocycles. The molecule has 9 heteroatoms. The van der Waals surface area contributed by atoms with Gasteiger partial charge in [-0.05, 0) is 41.1 Å². The van der Waals surface area contributed by atoms with Crippen LogP contribution >= 0.6 is 23.1 Å². The second-order valence-corrected chi connectivity index (χ2v) is 10.1. The van der Waals surface area contributed by atoms with E-state index in [1.165, 1.54) is 23.9 Å². The number of amidine groups is 1. The Bertz CT molecular complexity index is 1240. The van der Waals surface area contributed by atoms with Crippen molar-refractivity contribution in [1.82, 2.24) is 0 Å². The van der Waals surface area contributed by atoms with Gasteiger partial charge in [0.25, 0.3) is 0 Å². The van der Waals surface area contributed by atoms with Crippen molar-refractivity contribution in [2.45, 2.75) is 14.0 Å². The summed E-state index contributed by atoms with van der Waals surface area (Å²) in [6.45, 7) is 3.73. The Balaban J connectivity index is 2.06. The lowest BCUT2D eigenvalue weighted by Gasteiger charge is -2.08. The molecule has 0 saturated carbocycles. The summed E-state index contributed by atoms with van der Waals surface area (Å²) in [6.07, 6.45) is 2.05. The lowest BCUT2D eigenvalue weighted by atomic mass is 10.0. The molecule has 0 unspecified atom stereocenters. The first-order valence-electron chi connectivity index (χ1n) is 8.59. The Morgan fingerprint density at radius 3 is 2.47 bits per heavy atom. The predicted octanol–water partition coefficient (Wildman–Crippen LogP) is 5.00. The third-order valence-corrected chi connectivity index (χ3v) is 8.56. The van der Waals surface area contributed by atoms with E-state index in [-0.39, 0.29) is 20.5 Å². The summed E-state index contributed by atoms with van der Waals surface area (Å²) in [7, 11) is -3.85.